The van der Waals surface area contributed by atoms with E-state index in [1.54, 1.807) is 22.0 Å². The van der Waals surface area contributed by atoms with E-state index in [0.717, 1.165) is 28.8 Å². The lowest BCUT2D eigenvalue weighted by Gasteiger charge is -2.12. The van der Waals surface area contributed by atoms with Crippen LogP contribution in [0.3, 0.4) is 0 Å². The number of nitrogens with zero attached hydrogens (tertiary/aromatic N) is 8. The summed E-state index contributed by atoms with van der Waals surface area (Å²) in [4.78, 5) is 18.0. The maximum atomic E-state index is 4.73. The third kappa shape index (κ3) is 3.80. The second kappa shape index (κ2) is 6.95. The Balaban J connectivity index is 1.58. The largest absolute Gasteiger partial charge is 0.233 e. The molecule has 0 saturated heterocycles. The van der Waals surface area contributed by atoms with Crippen molar-refractivity contribution in [2.45, 2.75) is 39.5 Å². The van der Waals surface area contributed by atoms with Crippen LogP contribution in [0, 0.1) is 6.92 Å². The first kappa shape index (κ1) is 18.0. The van der Waals surface area contributed by atoms with E-state index in [-0.39, 0.29) is 5.41 Å². The second-order valence-corrected chi connectivity index (χ2v) is 7.65. The summed E-state index contributed by atoms with van der Waals surface area (Å²) in [5.41, 5.74) is 1.71. The minimum atomic E-state index is -0.104. The van der Waals surface area contributed by atoms with Crippen molar-refractivity contribution in [3.8, 4) is 11.6 Å². The number of hydrogen-bond donors (Lipinski definition) is 0. The van der Waals surface area contributed by atoms with Gasteiger partial charge in [-0.3, -0.25) is 0 Å². The maximum Gasteiger partial charge on any atom is 0.156 e. The summed E-state index contributed by atoms with van der Waals surface area (Å²) >= 11 is 0. The molecule has 0 bridgehead atoms. The Labute approximate surface area is 163 Å². The van der Waals surface area contributed by atoms with Crippen LogP contribution >= 0.6 is 0 Å². The second-order valence-electron chi connectivity index (χ2n) is 7.65. The monoisotopic (exact) mass is 374 g/mol. The highest BCUT2D eigenvalue weighted by Gasteiger charge is 2.19. The molecular weight excluding hydrogens is 352 g/mol. The Morgan fingerprint density at radius 2 is 1.36 bits per heavy atom. The van der Waals surface area contributed by atoms with Gasteiger partial charge in [-0.15, -0.1) is 5.10 Å². The lowest BCUT2D eigenvalue weighted by Crippen LogP contribution is -2.14. The quantitative estimate of drug-likeness (QED) is 0.546. The Kier molecular flexibility index (Phi) is 4.46. The topological polar surface area (TPSA) is 87.2 Å². The summed E-state index contributed by atoms with van der Waals surface area (Å²) in [7, 11) is 0. The van der Waals surface area contributed by atoms with Gasteiger partial charge >= 0.3 is 0 Å². The zero-order valence-electron chi connectivity index (χ0n) is 16.4. The van der Waals surface area contributed by atoms with Crippen molar-refractivity contribution in [1.82, 2.24) is 39.5 Å². The van der Waals surface area contributed by atoms with Crippen molar-refractivity contribution in [1.29, 1.82) is 0 Å². The van der Waals surface area contributed by atoms with E-state index in [0.29, 0.717) is 12.2 Å². The minimum absolute atomic E-state index is 0.104. The molecule has 0 spiro atoms. The first-order valence-electron chi connectivity index (χ1n) is 9.11. The molecule has 0 atom stereocenters. The Morgan fingerprint density at radius 1 is 0.786 bits per heavy atom. The van der Waals surface area contributed by atoms with Gasteiger partial charge in [0.2, 0.25) is 0 Å². The zero-order valence-corrected chi connectivity index (χ0v) is 16.4. The highest BCUT2D eigenvalue weighted by atomic mass is 15.4. The van der Waals surface area contributed by atoms with Gasteiger partial charge in [-0.05, 0) is 31.2 Å². The third-order valence-electron chi connectivity index (χ3n) is 4.18. The summed E-state index contributed by atoms with van der Waals surface area (Å²) in [5.74, 6) is 2.98. The molecule has 0 aliphatic heterocycles. The van der Waals surface area contributed by atoms with Crippen LogP contribution in [0.2, 0.25) is 0 Å². The van der Waals surface area contributed by atoms with Gasteiger partial charge in [0, 0.05) is 23.2 Å². The van der Waals surface area contributed by atoms with Crippen molar-refractivity contribution in [2.24, 2.45) is 0 Å². The SMILES string of the molecule is Cc1ncn(-c2cccc(Cc3cccc(-n4cnc(C(C)(C)C)n4)n3)n2)n1. The predicted octanol–water partition coefficient (Wildman–Crippen LogP) is 2.83. The molecule has 4 heterocycles. The summed E-state index contributed by atoms with van der Waals surface area (Å²) in [6.45, 7) is 8.12. The van der Waals surface area contributed by atoms with Crippen molar-refractivity contribution in [3.05, 3.63) is 72.1 Å². The molecule has 8 heteroatoms. The van der Waals surface area contributed by atoms with Gasteiger partial charge in [0.25, 0.3) is 0 Å². The van der Waals surface area contributed by atoms with Crippen LogP contribution in [-0.2, 0) is 11.8 Å². The van der Waals surface area contributed by atoms with Crippen molar-refractivity contribution < 1.29 is 0 Å². The van der Waals surface area contributed by atoms with Gasteiger partial charge in [0.1, 0.15) is 18.5 Å². The fraction of sp³-hybridized carbons (Fsp3) is 0.300. The normalized spacial score (nSPS) is 11.7. The number of pyridine rings is 2. The molecule has 0 radical (unpaired) electrons. The van der Waals surface area contributed by atoms with Crippen LogP contribution in [0.1, 0.15) is 43.8 Å². The average molecular weight is 374 g/mol. The summed E-state index contributed by atoms with van der Waals surface area (Å²) in [6, 6.07) is 11.7. The van der Waals surface area contributed by atoms with E-state index in [9.17, 15) is 0 Å². The number of aromatic nitrogens is 8. The molecule has 8 nitrogen and oxygen atoms in total. The van der Waals surface area contributed by atoms with E-state index in [4.69, 9.17) is 4.98 Å². The molecule has 0 unspecified atom stereocenters. The zero-order chi connectivity index (χ0) is 19.7. The molecule has 0 amide bonds. The van der Waals surface area contributed by atoms with Gasteiger partial charge in [0.15, 0.2) is 17.5 Å². The lowest BCUT2D eigenvalue weighted by molar-refractivity contribution is 0.543. The number of hydrogen-bond acceptors (Lipinski definition) is 6. The van der Waals surface area contributed by atoms with Gasteiger partial charge < -0.3 is 0 Å². The summed E-state index contributed by atoms with van der Waals surface area (Å²) in [6.07, 6.45) is 3.98. The molecule has 0 fully saturated rings. The molecule has 4 rings (SSSR count). The first-order valence-corrected chi connectivity index (χ1v) is 9.11. The van der Waals surface area contributed by atoms with Gasteiger partial charge in [-0.25, -0.2) is 29.3 Å². The van der Waals surface area contributed by atoms with Gasteiger partial charge in [0.05, 0.1) is 0 Å². The van der Waals surface area contributed by atoms with Crippen LogP contribution in [0.25, 0.3) is 11.6 Å². The van der Waals surface area contributed by atoms with Crippen LogP contribution in [0.4, 0.5) is 0 Å². The molecule has 0 aliphatic rings. The molecule has 28 heavy (non-hydrogen) atoms. The standard InChI is InChI=1S/C20H22N8/c1-14-21-12-27(25-14)17-9-5-7-15(23-17)11-16-8-6-10-18(24-16)28-13-22-19(26-28)20(2,3)4/h5-10,12-13H,11H2,1-4H3. The molecule has 0 aromatic carbocycles. The third-order valence-corrected chi connectivity index (χ3v) is 4.18. The molecule has 0 aliphatic carbocycles. The molecule has 0 saturated carbocycles. The highest BCUT2D eigenvalue weighted by molar-refractivity contribution is 5.28. The van der Waals surface area contributed by atoms with E-state index >= 15 is 0 Å². The number of rotatable bonds is 4. The van der Waals surface area contributed by atoms with Gasteiger partial charge in [-0.2, -0.15) is 5.10 Å². The lowest BCUT2D eigenvalue weighted by atomic mass is 9.96. The maximum absolute atomic E-state index is 4.73. The van der Waals surface area contributed by atoms with E-state index in [1.807, 2.05) is 43.3 Å². The summed E-state index contributed by atoms with van der Waals surface area (Å²) < 4.78 is 3.39. The average Bonchev–Trinajstić information content (AvgIpc) is 3.31. The molecular formula is C20H22N8. The smallest absolute Gasteiger partial charge is 0.156 e. The minimum Gasteiger partial charge on any atom is -0.233 e. The molecule has 4 aromatic heterocycles. The Morgan fingerprint density at radius 3 is 1.86 bits per heavy atom. The molecule has 0 N–H and O–H groups in total. The highest BCUT2D eigenvalue weighted by Crippen LogP contribution is 2.18. The van der Waals surface area contributed by atoms with Crippen LogP contribution in [0.5, 0.6) is 0 Å². The van der Waals surface area contributed by atoms with E-state index in [2.05, 4.69) is 45.9 Å². The Bertz CT molecular complexity index is 1100. The van der Waals surface area contributed by atoms with Crippen LogP contribution in [-0.4, -0.2) is 39.5 Å². The van der Waals surface area contributed by atoms with Crippen molar-refractivity contribution in [3.63, 3.8) is 0 Å². The predicted molar refractivity (Wildman–Crippen MR) is 105 cm³/mol. The van der Waals surface area contributed by atoms with Gasteiger partial charge in [-0.1, -0.05) is 32.9 Å². The van der Waals surface area contributed by atoms with E-state index < -0.39 is 0 Å². The fourth-order valence-corrected chi connectivity index (χ4v) is 2.74. The van der Waals surface area contributed by atoms with Crippen LogP contribution < -0.4 is 0 Å². The molecule has 4 aromatic rings. The first-order chi connectivity index (χ1) is 13.4. The fourth-order valence-electron chi connectivity index (χ4n) is 2.74. The van der Waals surface area contributed by atoms with Crippen LogP contribution in [0.15, 0.2) is 49.1 Å². The molecule has 142 valence electrons. The van der Waals surface area contributed by atoms with Crippen molar-refractivity contribution >= 4 is 0 Å². The van der Waals surface area contributed by atoms with E-state index in [1.165, 1.54) is 0 Å². The Hall–Kier alpha value is -3.42. The van der Waals surface area contributed by atoms with Crippen molar-refractivity contribution in [2.75, 3.05) is 0 Å². The summed E-state index contributed by atoms with van der Waals surface area (Å²) in [5, 5.41) is 8.88. The number of aryl methyl sites for hydroxylation is 1.